The molecule has 0 aliphatic carbocycles. The molecule has 1 aromatic carbocycles. The summed E-state index contributed by atoms with van der Waals surface area (Å²) in [5, 5.41) is 2.79. The Morgan fingerprint density at radius 1 is 1.47 bits per heavy atom. The number of nitrogens with one attached hydrogen (secondary N) is 1. The van der Waals surface area contributed by atoms with Gasteiger partial charge in [-0.1, -0.05) is 21.9 Å². The first-order valence-electron chi connectivity index (χ1n) is 4.79. The van der Waals surface area contributed by atoms with Crippen molar-refractivity contribution in [3.8, 4) is 12.3 Å². The lowest BCUT2D eigenvalue weighted by Gasteiger charge is -2.12. The third-order valence-electron chi connectivity index (χ3n) is 1.90. The number of carbonyl (C=O) groups is 1. The number of carbonyl (C=O) groups excluding carboxylic acids is 1. The summed E-state index contributed by atoms with van der Waals surface area (Å²) >= 11 is 3.33. The molecule has 0 aliphatic rings. The predicted octanol–water partition coefficient (Wildman–Crippen LogP) is 2.37. The Hall–Kier alpha value is -1.02. The number of likely N-dealkylation sites (N-methyl/N-ethyl adjacent to an activating group) is 1. The lowest BCUT2D eigenvalue weighted by atomic mass is 10.3. The molecule has 0 bridgehead atoms. The number of anilines is 1. The van der Waals surface area contributed by atoms with Crippen LogP contribution in [-0.4, -0.2) is 30.9 Å². The first-order chi connectivity index (χ1) is 7.61. The quantitative estimate of drug-likeness (QED) is 0.865. The highest BCUT2D eigenvalue weighted by atomic mass is 79.9. The van der Waals surface area contributed by atoms with Crippen LogP contribution < -0.4 is 5.32 Å². The molecule has 0 fully saturated rings. The van der Waals surface area contributed by atoms with Crippen molar-refractivity contribution < 1.29 is 4.79 Å². The van der Waals surface area contributed by atoms with E-state index in [1.54, 1.807) is 11.9 Å². The molecule has 0 aromatic heterocycles. The number of rotatable bonds is 4. The van der Waals surface area contributed by atoms with Crippen LogP contribution in [0, 0.1) is 12.3 Å². The Bertz CT molecular complexity index is 400. The number of halogens is 2. The van der Waals surface area contributed by atoms with E-state index in [9.17, 15) is 4.79 Å². The normalized spacial score (nSPS) is 9.29. The number of hydrogen-bond donors (Lipinski definition) is 1. The zero-order valence-corrected chi connectivity index (χ0v) is 11.8. The highest BCUT2D eigenvalue weighted by Crippen LogP contribution is 2.13. The molecule has 1 N–H and O–H groups in total. The highest BCUT2D eigenvalue weighted by Gasteiger charge is 2.05. The fourth-order valence-electron chi connectivity index (χ4n) is 1.19. The molecule has 0 spiro atoms. The standard InChI is InChI=1S/C12H13BrN2O.ClH/c1-3-8-15(2)9-12(16)14-11-6-4-10(13)5-7-11;/h1,4-7H,8-9H2,2H3,(H,14,16);1H. The minimum Gasteiger partial charge on any atom is -0.325 e. The number of hydrogen-bond acceptors (Lipinski definition) is 2. The third-order valence-corrected chi connectivity index (χ3v) is 2.43. The molecule has 17 heavy (non-hydrogen) atoms. The van der Waals surface area contributed by atoms with E-state index in [0.717, 1.165) is 10.2 Å². The van der Waals surface area contributed by atoms with Gasteiger partial charge in [0.05, 0.1) is 13.1 Å². The van der Waals surface area contributed by atoms with Gasteiger partial charge in [0, 0.05) is 10.2 Å². The predicted molar refractivity (Wildman–Crippen MR) is 76.3 cm³/mol. The van der Waals surface area contributed by atoms with Crippen LogP contribution in [0.15, 0.2) is 28.7 Å². The van der Waals surface area contributed by atoms with Crippen LogP contribution in [0.4, 0.5) is 5.69 Å². The molecule has 3 nitrogen and oxygen atoms in total. The summed E-state index contributed by atoms with van der Waals surface area (Å²) in [7, 11) is 1.81. The van der Waals surface area contributed by atoms with Crippen molar-refractivity contribution >= 4 is 39.9 Å². The molecule has 0 unspecified atom stereocenters. The lowest BCUT2D eigenvalue weighted by Crippen LogP contribution is -2.30. The molecule has 1 aromatic rings. The first-order valence-corrected chi connectivity index (χ1v) is 5.58. The topological polar surface area (TPSA) is 32.3 Å². The first kappa shape index (κ1) is 16.0. The van der Waals surface area contributed by atoms with Crippen LogP contribution in [-0.2, 0) is 4.79 Å². The maximum Gasteiger partial charge on any atom is 0.238 e. The van der Waals surface area contributed by atoms with Gasteiger partial charge >= 0.3 is 0 Å². The molecule has 5 heteroatoms. The van der Waals surface area contributed by atoms with Crippen molar-refractivity contribution in [1.82, 2.24) is 4.90 Å². The average molecular weight is 318 g/mol. The molecule has 0 aliphatic heterocycles. The van der Waals surface area contributed by atoms with E-state index >= 15 is 0 Å². The molecule has 0 saturated carbocycles. The molecule has 1 amide bonds. The number of benzene rings is 1. The van der Waals surface area contributed by atoms with Crippen LogP contribution in [0.25, 0.3) is 0 Å². The van der Waals surface area contributed by atoms with E-state index in [4.69, 9.17) is 6.42 Å². The average Bonchev–Trinajstić information content (AvgIpc) is 2.21. The third kappa shape index (κ3) is 6.32. The van der Waals surface area contributed by atoms with Gasteiger partial charge < -0.3 is 5.32 Å². The van der Waals surface area contributed by atoms with Gasteiger partial charge in [0.15, 0.2) is 0 Å². The summed E-state index contributed by atoms with van der Waals surface area (Å²) in [6.45, 7) is 0.758. The summed E-state index contributed by atoms with van der Waals surface area (Å²) in [5.74, 6) is 2.41. The lowest BCUT2D eigenvalue weighted by molar-refractivity contribution is -0.116. The van der Waals surface area contributed by atoms with Gasteiger partial charge in [-0.2, -0.15) is 0 Å². The highest BCUT2D eigenvalue weighted by molar-refractivity contribution is 9.10. The Kier molecular flexibility index (Phi) is 7.64. The van der Waals surface area contributed by atoms with Gasteiger partial charge in [0.25, 0.3) is 0 Å². The zero-order valence-electron chi connectivity index (χ0n) is 9.44. The Labute approximate surface area is 116 Å². The molecule has 92 valence electrons. The van der Waals surface area contributed by atoms with Crippen LogP contribution in [0.3, 0.4) is 0 Å². The molecular weight excluding hydrogens is 304 g/mol. The van der Waals surface area contributed by atoms with Crippen molar-refractivity contribution in [2.24, 2.45) is 0 Å². The second-order valence-electron chi connectivity index (χ2n) is 3.43. The number of amides is 1. The Balaban J connectivity index is 0.00000256. The van der Waals surface area contributed by atoms with Gasteiger partial charge in [-0.05, 0) is 31.3 Å². The summed E-state index contributed by atoms with van der Waals surface area (Å²) in [5.41, 5.74) is 0.780. The smallest absolute Gasteiger partial charge is 0.238 e. The molecule has 0 saturated heterocycles. The fraction of sp³-hybridized carbons (Fsp3) is 0.250. The van der Waals surface area contributed by atoms with Crippen molar-refractivity contribution in [3.05, 3.63) is 28.7 Å². The molecule has 0 heterocycles. The monoisotopic (exact) mass is 316 g/mol. The van der Waals surface area contributed by atoms with Crippen molar-refractivity contribution in [1.29, 1.82) is 0 Å². The minimum absolute atomic E-state index is 0. The van der Waals surface area contributed by atoms with Gasteiger partial charge in [-0.15, -0.1) is 18.8 Å². The number of terminal acetylenes is 1. The summed E-state index contributed by atoms with van der Waals surface area (Å²) in [6.07, 6.45) is 5.15. The van der Waals surface area contributed by atoms with Crippen molar-refractivity contribution in [2.45, 2.75) is 0 Å². The molecule has 1 rings (SSSR count). The fourth-order valence-corrected chi connectivity index (χ4v) is 1.45. The minimum atomic E-state index is -0.0694. The summed E-state index contributed by atoms with van der Waals surface area (Å²) in [4.78, 5) is 13.3. The van der Waals surface area contributed by atoms with E-state index in [1.807, 2.05) is 24.3 Å². The number of nitrogens with zero attached hydrogens (tertiary/aromatic N) is 1. The summed E-state index contributed by atoms with van der Waals surface area (Å²) < 4.78 is 0.981. The zero-order chi connectivity index (χ0) is 12.0. The second kappa shape index (κ2) is 8.13. The van der Waals surface area contributed by atoms with Crippen LogP contribution in [0.5, 0.6) is 0 Å². The van der Waals surface area contributed by atoms with Crippen LogP contribution in [0.2, 0.25) is 0 Å². The summed E-state index contributed by atoms with van der Waals surface area (Å²) in [6, 6.07) is 7.42. The Morgan fingerprint density at radius 2 is 2.06 bits per heavy atom. The Morgan fingerprint density at radius 3 is 2.59 bits per heavy atom. The van der Waals surface area contributed by atoms with Crippen molar-refractivity contribution in [3.63, 3.8) is 0 Å². The van der Waals surface area contributed by atoms with Crippen molar-refractivity contribution in [2.75, 3.05) is 25.5 Å². The second-order valence-corrected chi connectivity index (χ2v) is 4.35. The van der Waals surface area contributed by atoms with Crippen LogP contribution >= 0.6 is 28.3 Å². The van der Waals surface area contributed by atoms with E-state index in [2.05, 4.69) is 27.2 Å². The SMILES string of the molecule is C#CCN(C)CC(=O)Nc1ccc(Br)cc1.Cl. The van der Waals surface area contributed by atoms with Gasteiger partial charge in [0.1, 0.15) is 0 Å². The molecular formula is C12H14BrClN2O. The van der Waals surface area contributed by atoms with E-state index in [0.29, 0.717) is 13.1 Å². The molecule has 0 atom stereocenters. The van der Waals surface area contributed by atoms with E-state index < -0.39 is 0 Å². The maximum atomic E-state index is 11.5. The van der Waals surface area contributed by atoms with E-state index in [1.165, 1.54) is 0 Å². The molecule has 0 radical (unpaired) electrons. The van der Waals surface area contributed by atoms with Gasteiger partial charge in [-0.25, -0.2) is 0 Å². The maximum absolute atomic E-state index is 11.5. The van der Waals surface area contributed by atoms with E-state index in [-0.39, 0.29) is 18.3 Å². The van der Waals surface area contributed by atoms with Gasteiger partial charge in [-0.3, -0.25) is 9.69 Å². The van der Waals surface area contributed by atoms with Crippen LogP contribution in [0.1, 0.15) is 0 Å². The van der Waals surface area contributed by atoms with Gasteiger partial charge in [0.2, 0.25) is 5.91 Å². The largest absolute Gasteiger partial charge is 0.325 e.